The summed E-state index contributed by atoms with van der Waals surface area (Å²) in [4.78, 5) is 11.1. The molecule has 3 heteroatoms. The first kappa shape index (κ1) is 8.05. The predicted molar refractivity (Wildman–Crippen MR) is 44.8 cm³/mol. The van der Waals surface area contributed by atoms with E-state index < -0.39 is 0 Å². The molecule has 1 spiro atoms. The first-order valence-electron chi connectivity index (χ1n) is 4.70. The summed E-state index contributed by atoms with van der Waals surface area (Å²) in [6.45, 7) is 0.973. The van der Waals surface area contributed by atoms with Crippen molar-refractivity contribution in [1.29, 1.82) is 0 Å². The van der Waals surface area contributed by atoms with Gasteiger partial charge in [0.05, 0.1) is 12.1 Å². The molecule has 0 atom stereocenters. The van der Waals surface area contributed by atoms with Crippen LogP contribution in [-0.2, 0) is 9.53 Å². The summed E-state index contributed by atoms with van der Waals surface area (Å²) in [5, 5.41) is 3.07. The standard InChI is InChI=1S/C9H15NO2/c11-8-6-12-7-9(10-8)4-2-1-3-5-9/h1-7H2,(H,10,11). The maximum absolute atomic E-state index is 11.1. The van der Waals surface area contributed by atoms with Gasteiger partial charge in [-0.05, 0) is 12.8 Å². The Labute approximate surface area is 72.5 Å². The van der Waals surface area contributed by atoms with E-state index in [-0.39, 0.29) is 18.1 Å². The summed E-state index contributed by atoms with van der Waals surface area (Å²) in [6.07, 6.45) is 5.95. The first-order chi connectivity index (χ1) is 5.81. The van der Waals surface area contributed by atoms with Crippen molar-refractivity contribution < 1.29 is 9.53 Å². The van der Waals surface area contributed by atoms with Gasteiger partial charge in [-0.15, -0.1) is 0 Å². The van der Waals surface area contributed by atoms with E-state index >= 15 is 0 Å². The van der Waals surface area contributed by atoms with Gasteiger partial charge < -0.3 is 10.1 Å². The van der Waals surface area contributed by atoms with E-state index in [1.807, 2.05) is 0 Å². The van der Waals surface area contributed by atoms with E-state index in [4.69, 9.17) is 4.74 Å². The fourth-order valence-corrected chi connectivity index (χ4v) is 2.20. The summed E-state index contributed by atoms with van der Waals surface area (Å²) in [7, 11) is 0. The molecule has 2 rings (SSSR count). The third-order valence-electron chi connectivity index (χ3n) is 2.83. The molecule has 3 nitrogen and oxygen atoms in total. The van der Waals surface area contributed by atoms with Crippen molar-refractivity contribution in [3.05, 3.63) is 0 Å². The molecule has 0 unspecified atom stereocenters. The van der Waals surface area contributed by atoms with Crippen molar-refractivity contribution in [3.8, 4) is 0 Å². The molecule has 68 valence electrons. The lowest BCUT2D eigenvalue weighted by molar-refractivity contribution is -0.136. The van der Waals surface area contributed by atoms with Crippen molar-refractivity contribution in [2.45, 2.75) is 37.6 Å². The molecule has 1 aliphatic carbocycles. The molecule has 0 bridgehead atoms. The van der Waals surface area contributed by atoms with Crippen molar-refractivity contribution in [2.24, 2.45) is 0 Å². The van der Waals surface area contributed by atoms with Gasteiger partial charge in [-0.3, -0.25) is 4.79 Å². The van der Waals surface area contributed by atoms with E-state index in [0.717, 1.165) is 19.4 Å². The second-order valence-electron chi connectivity index (χ2n) is 3.88. The average molecular weight is 169 g/mol. The lowest BCUT2D eigenvalue weighted by atomic mass is 9.82. The Morgan fingerprint density at radius 2 is 2.00 bits per heavy atom. The van der Waals surface area contributed by atoms with Crippen LogP contribution in [0.1, 0.15) is 32.1 Å². The zero-order valence-corrected chi connectivity index (χ0v) is 7.27. The highest BCUT2D eigenvalue weighted by Crippen LogP contribution is 2.29. The quantitative estimate of drug-likeness (QED) is 0.583. The topological polar surface area (TPSA) is 38.3 Å². The number of morpholine rings is 1. The molecule has 1 heterocycles. The highest BCUT2D eigenvalue weighted by atomic mass is 16.5. The number of rotatable bonds is 0. The van der Waals surface area contributed by atoms with Crippen LogP contribution in [0.15, 0.2) is 0 Å². The zero-order valence-electron chi connectivity index (χ0n) is 7.27. The van der Waals surface area contributed by atoms with Gasteiger partial charge in [-0.1, -0.05) is 19.3 Å². The summed E-state index contributed by atoms with van der Waals surface area (Å²) >= 11 is 0. The highest BCUT2D eigenvalue weighted by Gasteiger charge is 2.36. The molecule has 0 radical (unpaired) electrons. The minimum absolute atomic E-state index is 0.00752. The molecule has 12 heavy (non-hydrogen) atoms. The Kier molecular flexibility index (Phi) is 2.05. The first-order valence-corrected chi connectivity index (χ1v) is 4.70. The number of amides is 1. The second-order valence-corrected chi connectivity index (χ2v) is 3.88. The van der Waals surface area contributed by atoms with E-state index in [2.05, 4.69) is 5.32 Å². The molecular formula is C9H15NO2. The van der Waals surface area contributed by atoms with E-state index in [0.29, 0.717) is 0 Å². The largest absolute Gasteiger partial charge is 0.369 e. The SMILES string of the molecule is O=C1COCC2(CCCCC2)N1. The molecule has 1 amide bonds. The number of hydrogen-bond acceptors (Lipinski definition) is 2. The van der Waals surface area contributed by atoms with E-state index in [9.17, 15) is 4.79 Å². The number of nitrogens with one attached hydrogen (secondary N) is 1. The normalized spacial score (nSPS) is 28.5. The zero-order chi connectivity index (χ0) is 8.44. The van der Waals surface area contributed by atoms with Gasteiger partial charge in [0.1, 0.15) is 6.61 Å². The number of ether oxygens (including phenoxy) is 1. The smallest absolute Gasteiger partial charge is 0.246 e. The second kappa shape index (κ2) is 3.05. The summed E-state index contributed by atoms with van der Waals surface area (Å²) in [6, 6.07) is 0. The van der Waals surface area contributed by atoms with Crippen LogP contribution in [0.2, 0.25) is 0 Å². The maximum Gasteiger partial charge on any atom is 0.246 e. The van der Waals surface area contributed by atoms with Gasteiger partial charge in [-0.2, -0.15) is 0 Å². The monoisotopic (exact) mass is 169 g/mol. The van der Waals surface area contributed by atoms with Gasteiger partial charge >= 0.3 is 0 Å². The van der Waals surface area contributed by atoms with Crippen molar-refractivity contribution in [1.82, 2.24) is 5.32 Å². The molecule has 0 aromatic rings. The molecule has 1 saturated heterocycles. The lowest BCUT2D eigenvalue weighted by Gasteiger charge is -2.40. The fraction of sp³-hybridized carbons (Fsp3) is 0.889. The summed E-state index contributed by atoms with van der Waals surface area (Å²) in [5.74, 6) is 0.0585. The van der Waals surface area contributed by atoms with Gasteiger partial charge in [0, 0.05) is 0 Å². The molecule has 0 aromatic carbocycles. The molecule has 0 aromatic heterocycles. The molecular weight excluding hydrogens is 154 g/mol. The van der Waals surface area contributed by atoms with Crippen LogP contribution in [0.25, 0.3) is 0 Å². The predicted octanol–water partition coefficient (Wildman–Crippen LogP) is 0.836. The van der Waals surface area contributed by atoms with Crippen LogP contribution in [0.5, 0.6) is 0 Å². The highest BCUT2D eigenvalue weighted by molar-refractivity contribution is 5.78. The van der Waals surface area contributed by atoms with Gasteiger partial charge in [0.25, 0.3) is 0 Å². The van der Waals surface area contributed by atoms with Crippen LogP contribution in [0, 0.1) is 0 Å². The van der Waals surface area contributed by atoms with Crippen LogP contribution in [0.4, 0.5) is 0 Å². The number of hydrogen-bond donors (Lipinski definition) is 1. The Morgan fingerprint density at radius 1 is 1.25 bits per heavy atom. The summed E-state index contributed by atoms with van der Waals surface area (Å²) < 4.78 is 5.26. The van der Waals surface area contributed by atoms with E-state index in [1.54, 1.807) is 0 Å². The van der Waals surface area contributed by atoms with Crippen molar-refractivity contribution >= 4 is 5.91 Å². The molecule has 1 saturated carbocycles. The summed E-state index contributed by atoms with van der Waals surface area (Å²) in [5.41, 5.74) is 0.00752. The van der Waals surface area contributed by atoms with Crippen LogP contribution >= 0.6 is 0 Å². The lowest BCUT2D eigenvalue weighted by Crippen LogP contribution is -2.57. The van der Waals surface area contributed by atoms with Crippen molar-refractivity contribution in [3.63, 3.8) is 0 Å². The van der Waals surface area contributed by atoms with Gasteiger partial charge in [0.15, 0.2) is 0 Å². The minimum Gasteiger partial charge on any atom is -0.369 e. The Balaban J connectivity index is 2.02. The average Bonchev–Trinajstić information content (AvgIpc) is 2.05. The Bertz CT molecular complexity index is 179. The van der Waals surface area contributed by atoms with E-state index in [1.165, 1.54) is 19.3 Å². The third kappa shape index (κ3) is 1.46. The molecule has 2 fully saturated rings. The molecule has 2 aliphatic rings. The maximum atomic E-state index is 11.1. The number of carbonyl (C=O) groups is 1. The van der Waals surface area contributed by atoms with Gasteiger partial charge in [0.2, 0.25) is 5.91 Å². The minimum atomic E-state index is 0.00752. The van der Waals surface area contributed by atoms with Gasteiger partial charge in [-0.25, -0.2) is 0 Å². The molecule has 1 N–H and O–H groups in total. The number of carbonyl (C=O) groups excluding carboxylic acids is 1. The molecule has 1 aliphatic heterocycles. The van der Waals surface area contributed by atoms with Crippen LogP contribution in [0.3, 0.4) is 0 Å². The van der Waals surface area contributed by atoms with Crippen molar-refractivity contribution in [2.75, 3.05) is 13.2 Å². The van der Waals surface area contributed by atoms with Crippen LogP contribution < -0.4 is 5.32 Å². The Hall–Kier alpha value is -0.570. The Morgan fingerprint density at radius 3 is 2.67 bits per heavy atom. The van der Waals surface area contributed by atoms with Crippen LogP contribution in [-0.4, -0.2) is 24.7 Å². The third-order valence-corrected chi connectivity index (χ3v) is 2.83. The fourth-order valence-electron chi connectivity index (χ4n) is 2.20.